The van der Waals surface area contributed by atoms with Crippen LogP contribution >= 0.6 is 0 Å². The van der Waals surface area contributed by atoms with Crippen molar-refractivity contribution in [3.63, 3.8) is 0 Å². The molecular weight excluding hydrogens is 354 g/mol. The molecule has 0 heterocycles. The summed E-state index contributed by atoms with van der Waals surface area (Å²) in [4.78, 5) is 28.5. The minimum Gasteiger partial charge on any atom is -0.362 e. The summed E-state index contributed by atoms with van der Waals surface area (Å²) >= 11 is 0. The smallest absolute Gasteiger partial charge is 0.257 e. The molecule has 0 aliphatic carbocycles. The van der Waals surface area contributed by atoms with Crippen LogP contribution in [0.1, 0.15) is 13.8 Å². The van der Waals surface area contributed by atoms with E-state index in [1.807, 2.05) is 60.7 Å². The number of carbonyl (C=O) groups excluding carboxylic acids is 2. The Morgan fingerprint density at radius 2 is 1.39 bits per heavy atom. The topological polar surface area (TPSA) is 61.9 Å². The fourth-order valence-electron chi connectivity index (χ4n) is 2.83. The van der Waals surface area contributed by atoms with Crippen LogP contribution < -0.4 is 10.2 Å². The number of hydrogen-bond acceptors (Lipinski definition) is 4. The first kappa shape index (κ1) is 21.6. The number of benzene rings is 2. The highest BCUT2D eigenvalue weighted by molar-refractivity contribution is 6.01. The van der Waals surface area contributed by atoms with Crippen LogP contribution in [0.3, 0.4) is 0 Å². The lowest BCUT2D eigenvalue weighted by molar-refractivity contribution is -0.129. The highest BCUT2D eigenvalue weighted by atomic mass is 16.5. The minimum absolute atomic E-state index is 0.137. The molecule has 2 aromatic rings. The highest BCUT2D eigenvalue weighted by Crippen LogP contribution is 2.24. The molecule has 6 nitrogen and oxygen atoms in total. The maximum Gasteiger partial charge on any atom is 0.257 e. The highest BCUT2D eigenvalue weighted by Gasteiger charge is 2.18. The summed E-state index contributed by atoms with van der Waals surface area (Å²) in [6, 6.07) is 18.8. The zero-order valence-corrected chi connectivity index (χ0v) is 16.6. The molecule has 0 saturated carbocycles. The van der Waals surface area contributed by atoms with Gasteiger partial charge in [-0.05, 0) is 37.4 Å². The van der Waals surface area contributed by atoms with Crippen LogP contribution in [0.25, 0.3) is 0 Å². The molecule has 2 rings (SSSR count). The van der Waals surface area contributed by atoms with Gasteiger partial charge >= 0.3 is 0 Å². The van der Waals surface area contributed by atoms with Gasteiger partial charge in [0.05, 0.1) is 0 Å². The van der Waals surface area contributed by atoms with Crippen molar-refractivity contribution in [3.05, 3.63) is 60.7 Å². The monoisotopic (exact) mass is 383 g/mol. The van der Waals surface area contributed by atoms with Crippen LogP contribution in [-0.2, 0) is 14.3 Å². The Bertz CT molecular complexity index is 679. The predicted molar refractivity (Wildman–Crippen MR) is 112 cm³/mol. The molecule has 0 spiro atoms. The van der Waals surface area contributed by atoms with Crippen molar-refractivity contribution >= 4 is 23.2 Å². The van der Waals surface area contributed by atoms with Gasteiger partial charge in [-0.3, -0.25) is 14.5 Å². The second kappa shape index (κ2) is 11.9. The summed E-state index contributed by atoms with van der Waals surface area (Å²) in [5.74, 6) is -0.445. The number of nitrogens with one attached hydrogen (secondary N) is 1. The molecule has 0 aliphatic rings. The third-order valence-corrected chi connectivity index (χ3v) is 4.38. The summed E-state index contributed by atoms with van der Waals surface area (Å²) in [6.07, 6.45) is 0. The summed E-state index contributed by atoms with van der Waals surface area (Å²) < 4.78 is 5.37. The zero-order chi connectivity index (χ0) is 20.2. The number of hydrogen-bond donors (Lipinski definition) is 1. The third kappa shape index (κ3) is 6.79. The molecule has 0 fully saturated rings. The van der Waals surface area contributed by atoms with Crippen LogP contribution in [0.2, 0.25) is 0 Å². The Kier molecular flexibility index (Phi) is 9.18. The van der Waals surface area contributed by atoms with Crippen molar-refractivity contribution in [2.24, 2.45) is 0 Å². The molecule has 0 bridgehead atoms. The van der Waals surface area contributed by atoms with E-state index in [9.17, 15) is 9.59 Å². The number of para-hydroxylation sites is 2. The number of rotatable bonds is 11. The molecule has 0 aliphatic heterocycles. The van der Waals surface area contributed by atoms with Gasteiger partial charge in [0.15, 0.2) is 0 Å². The molecule has 0 atom stereocenters. The average molecular weight is 383 g/mol. The van der Waals surface area contributed by atoms with Gasteiger partial charge in [-0.15, -0.1) is 0 Å². The van der Waals surface area contributed by atoms with Gasteiger partial charge in [-0.2, -0.15) is 0 Å². The molecule has 6 heteroatoms. The third-order valence-electron chi connectivity index (χ3n) is 4.38. The minimum atomic E-state index is -0.228. The Morgan fingerprint density at radius 1 is 0.857 bits per heavy atom. The fourth-order valence-corrected chi connectivity index (χ4v) is 2.83. The van der Waals surface area contributed by atoms with E-state index in [2.05, 4.69) is 24.1 Å². The van der Waals surface area contributed by atoms with Crippen LogP contribution in [-0.4, -0.2) is 56.1 Å². The standard InChI is InChI=1S/C22H29N3O3/c1-3-24(4-2)16-15-23-21(26)17-28-18-22(27)25(19-11-7-5-8-12-19)20-13-9-6-10-14-20/h5-14H,3-4,15-18H2,1-2H3,(H,23,26). The first-order chi connectivity index (χ1) is 13.7. The Morgan fingerprint density at radius 3 is 1.89 bits per heavy atom. The quantitative estimate of drug-likeness (QED) is 0.648. The van der Waals surface area contributed by atoms with E-state index in [4.69, 9.17) is 4.74 Å². The summed E-state index contributed by atoms with van der Waals surface area (Å²) in [7, 11) is 0. The second-order valence-electron chi connectivity index (χ2n) is 6.27. The zero-order valence-electron chi connectivity index (χ0n) is 16.6. The Balaban J connectivity index is 1.86. The summed E-state index contributed by atoms with van der Waals surface area (Å²) in [5.41, 5.74) is 1.51. The van der Waals surface area contributed by atoms with E-state index in [1.54, 1.807) is 4.90 Å². The molecule has 2 aromatic carbocycles. The van der Waals surface area contributed by atoms with E-state index in [1.165, 1.54) is 0 Å². The lowest BCUT2D eigenvalue weighted by atomic mass is 10.2. The Hall–Kier alpha value is -2.70. The molecule has 0 saturated heterocycles. The molecule has 150 valence electrons. The van der Waals surface area contributed by atoms with Crippen molar-refractivity contribution in [2.75, 3.05) is 44.3 Å². The molecular formula is C22H29N3O3. The van der Waals surface area contributed by atoms with Gasteiger partial charge in [0.2, 0.25) is 5.91 Å². The van der Waals surface area contributed by atoms with Gasteiger partial charge in [0, 0.05) is 24.5 Å². The van der Waals surface area contributed by atoms with Crippen LogP contribution in [0.4, 0.5) is 11.4 Å². The SMILES string of the molecule is CCN(CC)CCNC(=O)COCC(=O)N(c1ccccc1)c1ccccc1. The molecule has 1 N–H and O–H groups in total. The Labute approximate surface area is 167 Å². The van der Waals surface area contributed by atoms with E-state index in [0.717, 1.165) is 31.0 Å². The average Bonchev–Trinajstić information content (AvgIpc) is 2.73. The number of likely N-dealkylation sites (N-methyl/N-ethyl adjacent to an activating group) is 1. The van der Waals surface area contributed by atoms with Crippen LogP contribution in [0, 0.1) is 0 Å². The van der Waals surface area contributed by atoms with E-state index in [-0.39, 0.29) is 25.0 Å². The van der Waals surface area contributed by atoms with Crippen LogP contribution in [0.5, 0.6) is 0 Å². The first-order valence-electron chi connectivity index (χ1n) is 9.65. The van der Waals surface area contributed by atoms with Gasteiger partial charge < -0.3 is 15.0 Å². The lowest BCUT2D eigenvalue weighted by Gasteiger charge is -2.23. The van der Waals surface area contributed by atoms with Gasteiger partial charge in [-0.1, -0.05) is 50.2 Å². The summed E-state index contributed by atoms with van der Waals surface area (Å²) in [5, 5.41) is 2.82. The number of anilines is 2. The first-order valence-corrected chi connectivity index (χ1v) is 9.65. The maximum absolute atomic E-state index is 12.8. The van der Waals surface area contributed by atoms with Gasteiger partial charge in [-0.25, -0.2) is 0 Å². The second-order valence-corrected chi connectivity index (χ2v) is 6.27. The number of amides is 2. The molecule has 28 heavy (non-hydrogen) atoms. The van der Waals surface area contributed by atoms with Crippen molar-refractivity contribution in [3.8, 4) is 0 Å². The normalized spacial score (nSPS) is 10.7. The predicted octanol–water partition coefficient (Wildman–Crippen LogP) is 2.83. The van der Waals surface area contributed by atoms with Gasteiger partial charge in [0.1, 0.15) is 13.2 Å². The largest absolute Gasteiger partial charge is 0.362 e. The van der Waals surface area contributed by atoms with Crippen molar-refractivity contribution in [2.45, 2.75) is 13.8 Å². The number of carbonyl (C=O) groups is 2. The van der Waals surface area contributed by atoms with Crippen molar-refractivity contribution < 1.29 is 14.3 Å². The molecule has 0 aromatic heterocycles. The molecule has 2 amide bonds. The van der Waals surface area contributed by atoms with E-state index < -0.39 is 0 Å². The van der Waals surface area contributed by atoms with Crippen molar-refractivity contribution in [1.29, 1.82) is 0 Å². The maximum atomic E-state index is 12.8. The number of nitrogens with zero attached hydrogens (tertiary/aromatic N) is 2. The van der Waals surface area contributed by atoms with Crippen molar-refractivity contribution in [1.82, 2.24) is 10.2 Å². The van der Waals surface area contributed by atoms with E-state index >= 15 is 0 Å². The fraction of sp³-hybridized carbons (Fsp3) is 0.364. The molecule has 0 radical (unpaired) electrons. The molecule has 0 unspecified atom stereocenters. The van der Waals surface area contributed by atoms with E-state index in [0.29, 0.717) is 6.54 Å². The lowest BCUT2D eigenvalue weighted by Crippen LogP contribution is -2.37. The van der Waals surface area contributed by atoms with Crippen LogP contribution in [0.15, 0.2) is 60.7 Å². The summed E-state index contributed by atoms with van der Waals surface area (Å²) in [6.45, 7) is 7.13. The number of ether oxygens (including phenoxy) is 1. The van der Waals surface area contributed by atoms with Gasteiger partial charge in [0.25, 0.3) is 5.91 Å².